The van der Waals surface area contributed by atoms with Gasteiger partial charge in [0.25, 0.3) is 0 Å². The fourth-order valence-electron chi connectivity index (χ4n) is 2.32. The monoisotopic (exact) mass is 379 g/mol. The molecule has 26 heavy (non-hydrogen) atoms. The van der Waals surface area contributed by atoms with Crippen LogP contribution >= 0.6 is 0 Å². The maximum absolute atomic E-state index is 12.7. The molecule has 0 aliphatic heterocycles. The van der Waals surface area contributed by atoms with Crippen LogP contribution in [0.3, 0.4) is 0 Å². The Labute approximate surface area is 147 Å². The minimum Gasteiger partial charge on any atom is -0.252 e. The van der Waals surface area contributed by atoms with Gasteiger partial charge in [-0.25, -0.2) is 8.42 Å². The summed E-state index contributed by atoms with van der Waals surface area (Å²) >= 11 is 0. The molecule has 3 aromatic rings. The topological polar surface area (TPSA) is 72.8 Å². The molecule has 2 aromatic heterocycles. The van der Waals surface area contributed by atoms with Crippen LogP contribution in [0.2, 0.25) is 0 Å². The predicted octanol–water partition coefficient (Wildman–Crippen LogP) is 3.63. The van der Waals surface area contributed by atoms with Gasteiger partial charge in [0.1, 0.15) is 5.69 Å². The van der Waals surface area contributed by atoms with Crippen LogP contribution in [0.4, 0.5) is 13.2 Å². The zero-order valence-electron chi connectivity index (χ0n) is 13.4. The van der Waals surface area contributed by atoms with E-state index in [9.17, 15) is 21.6 Å². The molecular weight excluding hydrogens is 367 g/mol. The number of benzene rings is 1. The molecule has 0 radical (unpaired) electrons. The third-order valence-electron chi connectivity index (χ3n) is 3.58. The van der Waals surface area contributed by atoms with Gasteiger partial charge in [-0.3, -0.25) is 15.0 Å². The molecule has 9 heteroatoms. The van der Waals surface area contributed by atoms with E-state index in [2.05, 4.69) is 15.0 Å². The Morgan fingerprint density at radius 3 is 1.81 bits per heavy atom. The third-order valence-corrected chi connectivity index (χ3v) is 4.71. The molecule has 0 fully saturated rings. The number of sulfone groups is 1. The van der Waals surface area contributed by atoms with Gasteiger partial charge in [0.2, 0.25) is 0 Å². The fourth-order valence-corrected chi connectivity index (χ4v) is 2.95. The van der Waals surface area contributed by atoms with E-state index in [4.69, 9.17) is 0 Å². The zero-order chi connectivity index (χ0) is 18.9. The van der Waals surface area contributed by atoms with Gasteiger partial charge in [-0.2, -0.15) is 13.2 Å². The lowest BCUT2D eigenvalue weighted by Crippen LogP contribution is -2.07. The Kier molecular flexibility index (Phi) is 4.49. The van der Waals surface area contributed by atoms with Crippen molar-refractivity contribution < 1.29 is 21.6 Å². The number of hydrogen-bond acceptors (Lipinski definition) is 5. The second kappa shape index (κ2) is 6.49. The van der Waals surface area contributed by atoms with Gasteiger partial charge in [-0.15, -0.1) is 0 Å². The number of alkyl halides is 3. The highest BCUT2D eigenvalue weighted by molar-refractivity contribution is 7.90. The van der Waals surface area contributed by atoms with Crippen LogP contribution in [0, 0.1) is 0 Å². The molecule has 1 aromatic carbocycles. The number of pyridine rings is 1. The van der Waals surface area contributed by atoms with Gasteiger partial charge in [-0.1, -0.05) is 12.1 Å². The molecule has 0 bridgehead atoms. The predicted molar refractivity (Wildman–Crippen MR) is 88.8 cm³/mol. The van der Waals surface area contributed by atoms with Crippen LogP contribution in [0.25, 0.3) is 22.5 Å². The second-order valence-electron chi connectivity index (χ2n) is 5.48. The lowest BCUT2D eigenvalue weighted by atomic mass is 10.1. The van der Waals surface area contributed by atoms with Gasteiger partial charge >= 0.3 is 6.18 Å². The largest absolute Gasteiger partial charge is 0.433 e. The van der Waals surface area contributed by atoms with E-state index in [-0.39, 0.29) is 4.90 Å². The smallest absolute Gasteiger partial charge is 0.252 e. The highest BCUT2D eigenvalue weighted by Crippen LogP contribution is 2.31. The van der Waals surface area contributed by atoms with Crippen molar-refractivity contribution in [2.45, 2.75) is 11.1 Å². The van der Waals surface area contributed by atoms with E-state index in [1.54, 1.807) is 12.1 Å². The quantitative estimate of drug-likeness (QED) is 0.695. The lowest BCUT2D eigenvalue weighted by molar-refractivity contribution is -0.141. The highest BCUT2D eigenvalue weighted by Gasteiger charge is 2.32. The van der Waals surface area contributed by atoms with Crippen LogP contribution in [0.1, 0.15) is 5.69 Å². The number of hydrogen-bond donors (Lipinski definition) is 0. The highest BCUT2D eigenvalue weighted by atomic mass is 32.2. The van der Waals surface area contributed by atoms with Crippen molar-refractivity contribution in [3.8, 4) is 22.5 Å². The number of aromatic nitrogens is 3. The minimum atomic E-state index is -4.52. The summed E-state index contributed by atoms with van der Waals surface area (Å²) in [7, 11) is -3.34. The summed E-state index contributed by atoms with van der Waals surface area (Å²) in [4.78, 5) is 12.0. The summed E-state index contributed by atoms with van der Waals surface area (Å²) in [6.07, 6.45) is 0.526. The zero-order valence-corrected chi connectivity index (χ0v) is 14.2. The molecule has 134 valence electrons. The molecule has 0 atom stereocenters. The van der Waals surface area contributed by atoms with E-state index < -0.39 is 21.7 Å². The first-order valence-electron chi connectivity index (χ1n) is 7.31. The van der Waals surface area contributed by atoms with E-state index in [1.165, 1.54) is 30.6 Å². The number of rotatable bonds is 3. The molecule has 5 nitrogen and oxygen atoms in total. The van der Waals surface area contributed by atoms with Gasteiger partial charge in [0, 0.05) is 36.0 Å². The van der Waals surface area contributed by atoms with E-state index in [0.29, 0.717) is 22.5 Å². The molecule has 0 aliphatic rings. The van der Waals surface area contributed by atoms with Gasteiger partial charge in [0.05, 0.1) is 16.3 Å². The first-order chi connectivity index (χ1) is 12.2. The Morgan fingerprint density at radius 1 is 0.808 bits per heavy atom. The molecule has 0 saturated carbocycles. The van der Waals surface area contributed by atoms with E-state index >= 15 is 0 Å². The Hall–Kier alpha value is -2.81. The van der Waals surface area contributed by atoms with E-state index in [1.807, 2.05) is 0 Å². The van der Waals surface area contributed by atoms with Gasteiger partial charge < -0.3 is 0 Å². The van der Waals surface area contributed by atoms with Crippen molar-refractivity contribution >= 4 is 9.84 Å². The molecule has 0 N–H and O–H groups in total. The molecule has 2 heterocycles. The second-order valence-corrected chi connectivity index (χ2v) is 7.50. The summed E-state index contributed by atoms with van der Waals surface area (Å²) in [6, 6.07) is 8.17. The van der Waals surface area contributed by atoms with Crippen LogP contribution < -0.4 is 0 Å². The standard InChI is InChI=1S/C17H12F3N3O2S/c1-26(24,25)13-5-2-11(3-6-13)15-16(22-9-8-21-15)12-4-7-14(23-10-12)17(18,19)20/h2-10H,1H3. The molecule has 0 saturated heterocycles. The Bertz CT molecular complexity index is 1030. The van der Waals surface area contributed by atoms with Crippen molar-refractivity contribution in [2.24, 2.45) is 0 Å². The first-order valence-corrected chi connectivity index (χ1v) is 9.20. The van der Waals surface area contributed by atoms with E-state index in [0.717, 1.165) is 18.5 Å². The van der Waals surface area contributed by atoms with Crippen molar-refractivity contribution in [1.82, 2.24) is 15.0 Å². The summed E-state index contributed by atoms with van der Waals surface area (Å²) in [5, 5.41) is 0. The summed E-state index contributed by atoms with van der Waals surface area (Å²) in [5.41, 5.74) is 0.716. The lowest BCUT2D eigenvalue weighted by Gasteiger charge is -2.10. The summed E-state index contributed by atoms with van der Waals surface area (Å²) in [6.45, 7) is 0. The average molecular weight is 379 g/mol. The number of halogens is 3. The molecule has 0 aliphatic carbocycles. The maximum atomic E-state index is 12.7. The first kappa shape index (κ1) is 18.0. The average Bonchev–Trinajstić information content (AvgIpc) is 2.60. The van der Waals surface area contributed by atoms with Crippen LogP contribution in [-0.2, 0) is 16.0 Å². The molecule has 3 rings (SSSR count). The number of nitrogens with zero attached hydrogens (tertiary/aromatic N) is 3. The summed E-state index contributed by atoms with van der Waals surface area (Å²) < 4.78 is 61.1. The van der Waals surface area contributed by atoms with Crippen molar-refractivity contribution in [2.75, 3.05) is 6.26 Å². The van der Waals surface area contributed by atoms with Crippen molar-refractivity contribution in [1.29, 1.82) is 0 Å². The minimum absolute atomic E-state index is 0.155. The van der Waals surface area contributed by atoms with Gasteiger partial charge in [0.15, 0.2) is 9.84 Å². The Morgan fingerprint density at radius 2 is 1.35 bits per heavy atom. The molecule has 0 amide bonds. The maximum Gasteiger partial charge on any atom is 0.433 e. The molecule has 0 unspecified atom stereocenters. The summed E-state index contributed by atoms with van der Waals surface area (Å²) in [5.74, 6) is 0. The van der Waals surface area contributed by atoms with Crippen molar-refractivity contribution in [3.05, 3.63) is 60.7 Å². The fraction of sp³-hybridized carbons (Fsp3) is 0.118. The normalized spacial score (nSPS) is 12.2. The third kappa shape index (κ3) is 3.72. The SMILES string of the molecule is CS(=O)(=O)c1ccc(-c2nccnc2-c2ccc(C(F)(F)F)nc2)cc1. The Balaban J connectivity index is 2.04. The van der Waals surface area contributed by atoms with Crippen molar-refractivity contribution in [3.63, 3.8) is 0 Å². The van der Waals surface area contributed by atoms with Crippen LogP contribution in [0.15, 0.2) is 59.9 Å². The van der Waals surface area contributed by atoms with Crippen LogP contribution in [0.5, 0.6) is 0 Å². The molecular formula is C17H12F3N3O2S. The molecule has 0 spiro atoms. The van der Waals surface area contributed by atoms with Crippen LogP contribution in [-0.4, -0.2) is 29.6 Å². The van der Waals surface area contributed by atoms with Gasteiger partial charge in [-0.05, 0) is 24.3 Å².